The van der Waals surface area contributed by atoms with Crippen LogP contribution in [0.4, 0.5) is 0 Å². The quantitative estimate of drug-likeness (QED) is 0.601. The second kappa shape index (κ2) is 10.9. The van der Waals surface area contributed by atoms with E-state index in [-0.39, 0.29) is 23.8 Å². The maximum absolute atomic E-state index is 12.1. The largest absolute Gasteiger partial charge is 0.494 e. The van der Waals surface area contributed by atoms with Gasteiger partial charge in [-0.15, -0.1) is 0 Å². The summed E-state index contributed by atoms with van der Waals surface area (Å²) in [5.41, 5.74) is 1.04. The Labute approximate surface area is 160 Å². The molecule has 0 bridgehead atoms. The van der Waals surface area contributed by atoms with Crippen LogP contribution in [-0.2, 0) is 24.5 Å². The number of amides is 2. The second-order valence-corrected chi connectivity index (χ2v) is 6.66. The number of rotatable bonds is 10. The van der Waals surface area contributed by atoms with Gasteiger partial charge in [0, 0.05) is 38.6 Å². The average Bonchev–Trinajstić information content (AvgIpc) is 2.67. The molecule has 27 heavy (non-hydrogen) atoms. The van der Waals surface area contributed by atoms with E-state index in [1.165, 1.54) is 12.5 Å². The highest BCUT2D eigenvalue weighted by Gasteiger charge is 2.34. The summed E-state index contributed by atoms with van der Waals surface area (Å²) >= 11 is 0. The lowest BCUT2D eigenvalue weighted by molar-refractivity contribution is -0.126. The van der Waals surface area contributed by atoms with Crippen molar-refractivity contribution in [2.24, 2.45) is 0 Å². The molecular weight excluding hydrogens is 348 g/mol. The van der Waals surface area contributed by atoms with Crippen LogP contribution in [-0.4, -0.2) is 57.9 Å². The number of nitrogens with one attached hydrogen (secondary N) is 2. The third-order valence-electron chi connectivity index (χ3n) is 4.71. The van der Waals surface area contributed by atoms with E-state index in [0.717, 1.165) is 18.6 Å². The Morgan fingerprint density at radius 1 is 1.15 bits per heavy atom. The molecule has 1 saturated heterocycles. The van der Waals surface area contributed by atoms with Crippen LogP contribution < -0.4 is 15.4 Å². The molecule has 0 saturated carbocycles. The van der Waals surface area contributed by atoms with Crippen molar-refractivity contribution < 1.29 is 23.8 Å². The van der Waals surface area contributed by atoms with Crippen molar-refractivity contribution in [3.05, 3.63) is 29.8 Å². The molecule has 1 aliphatic rings. The van der Waals surface area contributed by atoms with E-state index in [1.54, 1.807) is 0 Å². The molecule has 1 aromatic rings. The molecule has 7 nitrogen and oxygen atoms in total. The molecule has 1 heterocycles. The Balaban J connectivity index is 1.88. The summed E-state index contributed by atoms with van der Waals surface area (Å²) in [6, 6.07) is 8.10. The number of ether oxygens (including phenoxy) is 3. The van der Waals surface area contributed by atoms with Crippen molar-refractivity contribution in [3.63, 3.8) is 0 Å². The molecule has 150 valence electrons. The minimum absolute atomic E-state index is 0.0184. The summed E-state index contributed by atoms with van der Waals surface area (Å²) in [7, 11) is 0. The van der Waals surface area contributed by atoms with E-state index in [0.29, 0.717) is 39.5 Å². The fourth-order valence-electron chi connectivity index (χ4n) is 3.18. The summed E-state index contributed by atoms with van der Waals surface area (Å²) in [6.45, 7) is 6.63. The summed E-state index contributed by atoms with van der Waals surface area (Å²) < 4.78 is 16.3. The fourth-order valence-corrected chi connectivity index (χ4v) is 3.18. The van der Waals surface area contributed by atoms with Gasteiger partial charge < -0.3 is 24.8 Å². The van der Waals surface area contributed by atoms with E-state index in [1.807, 2.05) is 19.1 Å². The van der Waals surface area contributed by atoms with Crippen molar-refractivity contribution in [3.8, 4) is 5.75 Å². The van der Waals surface area contributed by atoms with Crippen molar-refractivity contribution >= 4 is 11.8 Å². The van der Waals surface area contributed by atoms with E-state index in [4.69, 9.17) is 14.2 Å². The highest BCUT2D eigenvalue weighted by molar-refractivity contribution is 5.77. The number of carbonyl (C=O) groups is 2. The first-order valence-electron chi connectivity index (χ1n) is 9.46. The molecule has 0 atom stereocenters. The van der Waals surface area contributed by atoms with Crippen molar-refractivity contribution in [1.29, 1.82) is 0 Å². The minimum Gasteiger partial charge on any atom is -0.494 e. The van der Waals surface area contributed by atoms with Crippen LogP contribution in [0.3, 0.4) is 0 Å². The van der Waals surface area contributed by atoms with Gasteiger partial charge in [-0.3, -0.25) is 9.59 Å². The first-order valence-corrected chi connectivity index (χ1v) is 9.46. The zero-order valence-electron chi connectivity index (χ0n) is 16.2. The summed E-state index contributed by atoms with van der Waals surface area (Å²) in [4.78, 5) is 22.9. The molecule has 1 aromatic carbocycles. The molecule has 0 radical (unpaired) electrons. The van der Waals surface area contributed by atoms with Crippen LogP contribution >= 0.6 is 0 Å². The predicted octanol–water partition coefficient (Wildman–Crippen LogP) is 1.40. The van der Waals surface area contributed by atoms with Gasteiger partial charge in [0.2, 0.25) is 11.8 Å². The molecule has 2 N–H and O–H groups in total. The lowest BCUT2D eigenvalue weighted by Crippen LogP contribution is -2.45. The van der Waals surface area contributed by atoms with Crippen molar-refractivity contribution in [2.45, 2.75) is 32.1 Å². The number of benzene rings is 1. The van der Waals surface area contributed by atoms with Crippen LogP contribution in [0.25, 0.3) is 0 Å². The molecule has 1 fully saturated rings. The van der Waals surface area contributed by atoms with Gasteiger partial charge in [0.15, 0.2) is 0 Å². The standard InChI is InChI=1S/C20H30N2O5/c1-3-27-18-6-4-17(5-7-18)20(8-11-25-12-9-20)15-22-19(24)14-26-13-10-21-16(2)23/h4-7H,3,8-15H2,1-2H3,(H,21,23)(H,22,24). The Morgan fingerprint density at radius 3 is 2.48 bits per heavy atom. The monoisotopic (exact) mass is 378 g/mol. The number of carbonyl (C=O) groups excluding carboxylic acids is 2. The molecule has 2 amide bonds. The number of hydrogen-bond acceptors (Lipinski definition) is 5. The highest BCUT2D eigenvalue weighted by atomic mass is 16.5. The SMILES string of the molecule is CCOc1ccc(C2(CNC(=O)COCCNC(C)=O)CCOCC2)cc1. The first kappa shape index (κ1) is 21.2. The van der Waals surface area contributed by atoms with Crippen LogP contribution in [0.5, 0.6) is 5.75 Å². The Morgan fingerprint density at radius 2 is 1.85 bits per heavy atom. The topological polar surface area (TPSA) is 85.9 Å². The van der Waals surface area contributed by atoms with Crippen molar-refractivity contribution in [2.75, 3.05) is 46.1 Å². The van der Waals surface area contributed by atoms with Gasteiger partial charge in [0.05, 0.1) is 13.2 Å². The van der Waals surface area contributed by atoms with Gasteiger partial charge in [0.1, 0.15) is 12.4 Å². The number of hydrogen-bond donors (Lipinski definition) is 2. The molecule has 0 aliphatic carbocycles. The van der Waals surface area contributed by atoms with Crippen LogP contribution in [0, 0.1) is 0 Å². The van der Waals surface area contributed by atoms with Gasteiger partial charge in [0.25, 0.3) is 0 Å². The van der Waals surface area contributed by atoms with Gasteiger partial charge in [-0.05, 0) is 37.5 Å². The second-order valence-electron chi connectivity index (χ2n) is 6.66. The molecule has 1 aliphatic heterocycles. The molecule has 0 aromatic heterocycles. The molecule has 0 unspecified atom stereocenters. The fraction of sp³-hybridized carbons (Fsp3) is 0.600. The third kappa shape index (κ3) is 6.84. The maximum Gasteiger partial charge on any atom is 0.246 e. The molecule has 0 spiro atoms. The summed E-state index contributed by atoms with van der Waals surface area (Å²) in [5.74, 6) is 0.578. The van der Waals surface area contributed by atoms with Crippen molar-refractivity contribution in [1.82, 2.24) is 10.6 Å². The smallest absolute Gasteiger partial charge is 0.246 e. The zero-order valence-corrected chi connectivity index (χ0v) is 16.2. The van der Waals surface area contributed by atoms with Gasteiger partial charge in [-0.2, -0.15) is 0 Å². The molecule has 2 rings (SSSR count). The third-order valence-corrected chi connectivity index (χ3v) is 4.71. The minimum atomic E-state index is -0.158. The van der Waals surface area contributed by atoms with Gasteiger partial charge in [-0.1, -0.05) is 12.1 Å². The summed E-state index contributed by atoms with van der Waals surface area (Å²) in [5, 5.41) is 5.62. The average molecular weight is 378 g/mol. The van der Waals surface area contributed by atoms with E-state index >= 15 is 0 Å². The Bertz CT molecular complexity index is 597. The van der Waals surface area contributed by atoms with Crippen LogP contribution in [0.1, 0.15) is 32.3 Å². The van der Waals surface area contributed by atoms with Crippen LogP contribution in [0.15, 0.2) is 24.3 Å². The predicted molar refractivity (Wildman–Crippen MR) is 102 cm³/mol. The first-order chi connectivity index (χ1) is 13.1. The van der Waals surface area contributed by atoms with E-state index in [9.17, 15) is 9.59 Å². The van der Waals surface area contributed by atoms with Crippen LogP contribution in [0.2, 0.25) is 0 Å². The van der Waals surface area contributed by atoms with E-state index < -0.39 is 0 Å². The molecular formula is C20H30N2O5. The lowest BCUT2D eigenvalue weighted by atomic mass is 9.74. The summed E-state index contributed by atoms with van der Waals surface area (Å²) in [6.07, 6.45) is 1.70. The molecule has 7 heteroatoms. The van der Waals surface area contributed by atoms with E-state index in [2.05, 4.69) is 22.8 Å². The normalized spacial score (nSPS) is 15.8. The van der Waals surface area contributed by atoms with Gasteiger partial charge >= 0.3 is 0 Å². The van der Waals surface area contributed by atoms with Gasteiger partial charge in [-0.25, -0.2) is 0 Å². The Kier molecular flexibility index (Phi) is 8.54. The lowest BCUT2D eigenvalue weighted by Gasteiger charge is -2.38. The maximum atomic E-state index is 12.1. The Hall–Kier alpha value is -2.12. The highest BCUT2D eigenvalue weighted by Crippen LogP contribution is 2.35. The zero-order chi connectivity index (χ0) is 19.5.